The van der Waals surface area contributed by atoms with E-state index in [1.54, 1.807) is 0 Å². The van der Waals surface area contributed by atoms with Gasteiger partial charge in [0.25, 0.3) is 0 Å². The van der Waals surface area contributed by atoms with Crippen molar-refractivity contribution in [3.63, 3.8) is 0 Å². The lowest BCUT2D eigenvalue weighted by Crippen LogP contribution is -2.45. The third-order valence-electron chi connectivity index (χ3n) is 4.59. The van der Waals surface area contributed by atoms with Crippen LogP contribution in [0.2, 0.25) is 0 Å². The second-order valence-corrected chi connectivity index (χ2v) is 7.21. The molecule has 4 atom stereocenters. The molecule has 0 bridgehead atoms. The van der Waals surface area contributed by atoms with Crippen LogP contribution in [0.1, 0.15) is 20.3 Å². The minimum Gasteiger partial charge on any atom is -0.388 e. The number of urea groups is 1. The summed E-state index contributed by atoms with van der Waals surface area (Å²) in [4.78, 5) is 25.9. The molecule has 2 saturated heterocycles. The number of amides is 3. The van der Waals surface area contributed by atoms with Crippen LogP contribution in [0.4, 0.5) is 4.79 Å². The number of hydrogen-bond donors (Lipinski definition) is 5. The van der Waals surface area contributed by atoms with Crippen molar-refractivity contribution in [2.45, 2.75) is 50.7 Å². The molecule has 0 aromatic carbocycles. The number of carbonyl (C=O) groups excluding carboxylic acids is 2. The van der Waals surface area contributed by atoms with E-state index in [-0.39, 0.29) is 30.9 Å². The molecule has 5 N–H and O–H groups in total. The number of nitrogens with zero attached hydrogens (tertiary/aromatic N) is 1. The Balaban J connectivity index is 1.67. The minimum atomic E-state index is -1.17. The van der Waals surface area contributed by atoms with Crippen molar-refractivity contribution in [2.24, 2.45) is 0 Å². The SMILES string of the molecule is CC(C)NC(=O)NC[C@H]1O[C@@H](CC(=O)NCCN2CCOCC2)[C@H](O)[C@@H]1O. The van der Waals surface area contributed by atoms with Gasteiger partial charge >= 0.3 is 6.03 Å². The molecule has 2 aliphatic heterocycles. The fourth-order valence-corrected chi connectivity index (χ4v) is 3.10. The van der Waals surface area contributed by atoms with Crippen LogP contribution in [-0.4, -0.2) is 103 Å². The molecule has 156 valence electrons. The van der Waals surface area contributed by atoms with Gasteiger partial charge in [-0.15, -0.1) is 0 Å². The number of aliphatic hydroxyl groups excluding tert-OH is 2. The van der Waals surface area contributed by atoms with Crippen LogP contribution in [0.5, 0.6) is 0 Å². The van der Waals surface area contributed by atoms with Crippen LogP contribution in [-0.2, 0) is 14.3 Å². The summed E-state index contributed by atoms with van der Waals surface area (Å²) in [7, 11) is 0. The molecular weight excluding hydrogens is 356 g/mol. The molecule has 0 aromatic rings. The van der Waals surface area contributed by atoms with Crippen LogP contribution in [0.15, 0.2) is 0 Å². The molecule has 10 heteroatoms. The van der Waals surface area contributed by atoms with Gasteiger partial charge in [-0.2, -0.15) is 0 Å². The Morgan fingerprint density at radius 3 is 2.44 bits per heavy atom. The van der Waals surface area contributed by atoms with Crippen LogP contribution >= 0.6 is 0 Å². The van der Waals surface area contributed by atoms with E-state index in [1.807, 2.05) is 13.8 Å². The summed E-state index contributed by atoms with van der Waals surface area (Å²) in [6, 6.07) is -0.390. The molecule has 0 aliphatic carbocycles. The first kappa shape index (κ1) is 21.8. The van der Waals surface area contributed by atoms with E-state index in [0.717, 1.165) is 19.6 Å². The lowest BCUT2D eigenvalue weighted by Gasteiger charge is -2.26. The largest absolute Gasteiger partial charge is 0.388 e. The van der Waals surface area contributed by atoms with Gasteiger partial charge in [-0.3, -0.25) is 9.69 Å². The maximum atomic E-state index is 12.1. The summed E-state index contributed by atoms with van der Waals surface area (Å²) in [5.74, 6) is -0.245. The predicted molar refractivity (Wildman–Crippen MR) is 97.2 cm³/mol. The van der Waals surface area contributed by atoms with Crippen molar-refractivity contribution in [1.29, 1.82) is 0 Å². The number of carbonyl (C=O) groups is 2. The molecule has 0 unspecified atom stereocenters. The molecule has 0 aromatic heterocycles. The highest BCUT2D eigenvalue weighted by atomic mass is 16.5. The first-order chi connectivity index (χ1) is 12.9. The zero-order chi connectivity index (χ0) is 19.8. The van der Waals surface area contributed by atoms with Crippen LogP contribution < -0.4 is 16.0 Å². The first-order valence-corrected chi connectivity index (χ1v) is 9.49. The van der Waals surface area contributed by atoms with Gasteiger partial charge in [-0.25, -0.2) is 4.79 Å². The Bertz CT molecular complexity index is 486. The topological polar surface area (TPSA) is 132 Å². The van der Waals surface area contributed by atoms with Crippen LogP contribution in [0.25, 0.3) is 0 Å². The van der Waals surface area contributed by atoms with Crippen molar-refractivity contribution in [2.75, 3.05) is 45.9 Å². The zero-order valence-corrected chi connectivity index (χ0v) is 16.0. The summed E-state index contributed by atoms with van der Waals surface area (Å²) in [5.41, 5.74) is 0. The molecule has 0 radical (unpaired) electrons. The highest BCUT2D eigenvalue weighted by Crippen LogP contribution is 2.23. The molecule has 2 aliphatic rings. The monoisotopic (exact) mass is 388 g/mol. The maximum absolute atomic E-state index is 12.1. The van der Waals surface area contributed by atoms with Crippen molar-refractivity contribution in [1.82, 2.24) is 20.9 Å². The van der Waals surface area contributed by atoms with Gasteiger partial charge in [-0.05, 0) is 13.8 Å². The third-order valence-corrected chi connectivity index (χ3v) is 4.59. The lowest BCUT2D eigenvalue weighted by atomic mass is 10.1. The number of morpholine rings is 1. The molecule has 10 nitrogen and oxygen atoms in total. The number of hydrogen-bond acceptors (Lipinski definition) is 7. The second-order valence-electron chi connectivity index (χ2n) is 7.21. The van der Waals surface area contributed by atoms with Gasteiger partial charge < -0.3 is 35.6 Å². The Hall–Kier alpha value is -1.46. The molecule has 2 heterocycles. The quantitative estimate of drug-likeness (QED) is 0.326. The average Bonchev–Trinajstić information content (AvgIpc) is 2.88. The summed E-state index contributed by atoms with van der Waals surface area (Å²) < 4.78 is 10.9. The fraction of sp³-hybridized carbons (Fsp3) is 0.882. The van der Waals surface area contributed by atoms with Crippen molar-refractivity contribution in [3.8, 4) is 0 Å². The van der Waals surface area contributed by atoms with E-state index in [4.69, 9.17) is 9.47 Å². The van der Waals surface area contributed by atoms with E-state index >= 15 is 0 Å². The number of aliphatic hydroxyl groups is 2. The number of rotatable bonds is 8. The van der Waals surface area contributed by atoms with Gasteiger partial charge in [0, 0.05) is 38.8 Å². The Morgan fingerprint density at radius 2 is 1.78 bits per heavy atom. The van der Waals surface area contributed by atoms with Crippen LogP contribution in [0.3, 0.4) is 0 Å². The van der Waals surface area contributed by atoms with Crippen molar-refractivity contribution < 1.29 is 29.3 Å². The highest BCUT2D eigenvalue weighted by Gasteiger charge is 2.43. The Morgan fingerprint density at radius 1 is 1.11 bits per heavy atom. The van der Waals surface area contributed by atoms with Gasteiger partial charge in [0.1, 0.15) is 18.3 Å². The Labute approximate surface area is 159 Å². The number of nitrogens with one attached hydrogen (secondary N) is 3. The van der Waals surface area contributed by atoms with Gasteiger partial charge in [-0.1, -0.05) is 0 Å². The van der Waals surface area contributed by atoms with E-state index in [2.05, 4.69) is 20.9 Å². The molecule has 2 rings (SSSR count). The predicted octanol–water partition coefficient (Wildman–Crippen LogP) is -1.98. The summed E-state index contributed by atoms with van der Waals surface area (Å²) >= 11 is 0. The second kappa shape index (κ2) is 10.8. The standard InChI is InChI=1S/C17H32N4O6/c1-11(2)20-17(25)19-10-13-16(24)15(23)12(27-13)9-14(22)18-3-4-21-5-7-26-8-6-21/h11-13,15-16,23-24H,3-10H2,1-2H3,(H,18,22)(H2,19,20,25)/t12-,13+,15-,16+/m0/s1. The van der Waals surface area contributed by atoms with Crippen molar-refractivity contribution in [3.05, 3.63) is 0 Å². The van der Waals surface area contributed by atoms with Crippen molar-refractivity contribution >= 4 is 11.9 Å². The van der Waals surface area contributed by atoms with Gasteiger partial charge in [0.2, 0.25) is 5.91 Å². The number of ether oxygens (including phenoxy) is 2. The molecule has 0 spiro atoms. The Kier molecular flexibility index (Phi) is 8.71. The normalized spacial score (nSPS) is 28.9. The summed E-state index contributed by atoms with van der Waals surface area (Å²) in [5, 5.41) is 28.3. The zero-order valence-electron chi connectivity index (χ0n) is 16.0. The molecule has 3 amide bonds. The summed E-state index contributed by atoms with van der Waals surface area (Å²) in [6.07, 6.45) is -3.94. The van der Waals surface area contributed by atoms with Gasteiger partial charge in [0.05, 0.1) is 25.7 Å². The van der Waals surface area contributed by atoms with E-state index < -0.39 is 24.4 Å². The fourth-order valence-electron chi connectivity index (χ4n) is 3.10. The smallest absolute Gasteiger partial charge is 0.315 e. The molecular formula is C17H32N4O6. The van der Waals surface area contributed by atoms with Gasteiger partial charge in [0.15, 0.2) is 0 Å². The molecule has 0 saturated carbocycles. The van der Waals surface area contributed by atoms with E-state index in [9.17, 15) is 19.8 Å². The highest BCUT2D eigenvalue weighted by molar-refractivity contribution is 5.76. The first-order valence-electron chi connectivity index (χ1n) is 9.49. The minimum absolute atomic E-state index is 0.0149. The third kappa shape index (κ3) is 7.23. The molecule has 2 fully saturated rings. The average molecular weight is 388 g/mol. The van der Waals surface area contributed by atoms with E-state index in [0.29, 0.717) is 19.8 Å². The lowest BCUT2D eigenvalue weighted by molar-refractivity contribution is -0.125. The summed E-state index contributed by atoms with van der Waals surface area (Å²) in [6.45, 7) is 8.07. The van der Waals surface area contributed by atoms with E-state index in [1.165, 1.54) is 0 Å². The maximum Gasteiger partial charge on any atom is 0.315 e. The molecule has 27 heavy (non-hydrogen) atoms. The van der Waals surface area contributed by atoms with Crippen LogP contribution in [0, 0.1) is 0 Å².